The standard InChI is InChI=1S/C20H21ClN2O4S/c1-25-9-8-23-15-6-5-14(21)12-18(15)28-20(23)22-19(24)11-13-4-7-16(26-2)17(10-13)27-3/h4-7,10,12H,8-9,11H2,1-3H3. The minimum atomic E-state index is -0.240. The molecule has 3 rings (SSSR count). The van der Waals surface area contributed by atoms with Gasteiger partial charge in [0.05, 0.1) is 37.5 Å². The first-order valence-corrected chi connectivity index (χ1v) is 9.81. The highest BCUT2D eigenvalue weighted by Crippen LogP contribution is 2.28. The first-order valence-electron chi connectivity index (χ1n) is 8.62. The molecule has 2 aromatic carbocycles. The van der Waals surface area contributed by atoms with E-state index in [9.17, 15) is 4.79 Å². The summed E-state index contributed by atoms with van der Waals surface area (Å²) in [4.78, 5) is 17.6. The Bertz CT molecular complexity index is 1060. The van der Waals surface area contributed by atoms with E-state index in [1.807, 2.05) is 28.8 Å². The second kappa shape index (κ2) is 9.23. The number of hydrogen-bond acceptors (Lipinski definition) is 5. The Morgan fingerprint density at radius 3 is 2.61 bits per heavy atom. The average molecular weight is 421 g/mol. The number of nitrogens with zero attached hydrogens (tertiary/aromatic N) is 2. The van der Waals surface area contributed by atoms with Crippen LogP contribution in [0.1, 0.15) is 5.56 Å². The van der Waals surface area contributed by atoms with E-state index >= 15 is 0 Å². The third kappa shape index (κ3) is 4.55. The molecule has 0 aliphatic heterocycles. The summed E-state index contributed by atoms with van der Waals surface area (Å²) in [5.41, 5.74) is 1.78. The van der Waals surface area contributed by atoms with Crippen molar-refractivity contribution in [2.24, 2.45) is 4.99 Å². The zero-order chi connectivity index (χ0) is 20.1. The van der Waals surface area contributed by atoms with Gasteiger partial charge in [0.2, 0.25) is 0 Å². The van der Waals surface area contributed by atoms with Crippen LogP contribution < -0.4 is 14.3 Å². The number of fused-ring (bicyclic) bond motifs is 1. The van der Waals surface area contributed by atoms with Crippen LogP contribution in [0.15, 0.2) is 41.4 Å². The second-order valence-electron chi connectivity index (χ2n) is 6.01. The number of methoxy groups -OCH3 is 3. The molecule has 0 N–H and O–H groups in total. The van der Waals surface area contributed by atoms with E-state index in [2.05, 4.69) is 4.99 Å². The summed E-state index contributed by atoms with van der Waals surface area (Å²) < 4.78 is 18.7. The number of benzene rings is 2. The topological polar surface area (TPSA) is 62.1 Å². The molecule has 0 spiro atoms. The molecule has 0 radical (unpaired) electrons. The molecule has 0 fully saturated rings. The zero-order valence-electron chi connectivity index (χ0n) is 15.9. The fourth-order valence-corrected chi connectivity index (χ4v) is 4.19. The van der Waals surface area contributed by atoms with Gasteiger partial charge in [0.15, 0.2) is 16.3 Å². The highest BCUT2D eigenvalue weighted by Gasteiger charge is 2.11. The van der Waals surface area contributed by atoms with Gasteiger partial charge in [-0.2, -0.15) is 4.99 Å². The zero-order valence-corrected chi connectivity index (χ0v) is 17.5. The highest BCUT2D eigenvalue weighted by atomic mass is 35.5. The van der Waals surface area contributed by atoms with Crippen molar-refractivity contribution in [1.29, 1.82) is 0 Å². The Kier molecular flexibility index (Phi) is 6.72. The van der Waals surface area contributed by atoms with Gasteiger partial charge in [0.1, 0.15) is 0 Å². The molecule has 0 saturated heterocycles. The first-order chi connectivity index (χ1) is 13.5. The Balaban J connectivity index is 1.93. The van der Waals surface area contributed by atoms with Crippen LogP contribution in [0.3, 0.4) is 0 Å². The van der Waals surface area contributed by atoms with E-state index in [1.165, 1.54) is 11.3 Å². The molecule has 0 bridgehead atoms. The summed E-state index contributed by atoms with van der Waals surface area (Å²) in [6, 6.07) is 11.0. The quantitative estimate of drug-likeness (QED) is 0.584. The molecule has 3 aromatic rings. The highest BCUT2D eigenvalue weighted by molar-refractivity contribution is 7.16. The number of aromatic nitrogens is 1. The number of halogens is 1. The monoisotopic (exact) mass is 420 g/mol. The predicted octanol–water partition coefficient (Wildman–Crippen LogP) is 3.69. The Morgan fingerprint density at radius 1 is 1.11 bits per heavy atom. The van der Waals surface area contributed by atoms with Gasteiger partial charge in [-0.3, -0.25) is 4.79 Å². The van der Waals surface area contributed by atoms with Crippen LogP contribution in [0.4, 0.5) is 0 Å². The molecule has 0 atom stereocenters. The predicted molar refractivity (Wildman–Crippen MR) is 111 cm³/mol. The number of amides is 1. The molecule has 0 unspecified atom stereocenters. The Hall–Kier alpha value is -2.35. The van der Waals surface area contributed by atoms with E-state index in [0.29, 0.717) is 34.5 Å². The molecular formula is C20H21ClN2O4S. The van der Waals surface area contributed by atoms with E-state index in [4.69, 9.17) is 25.8 Å². The molecule has 6 nitrogen and oxygen atoms in total. The van der Waals surface area contributed by atoms with E-state index in [1.54, 1.807) is 33.5 Å². The number of hydrogen-bond donors (Lipinski definition) is 0. The lowest BCUT2D eigenvalue weighted by atomic mass is 10.1. The van der Waals surface area contributed by atoms with Crippen molar-refractivity contribution >= 4 is 39.1 Å². The largest absolute Gasteiger partial charge is 0.493 e. The molecule has 148 valence electrons. The Morgan fingerprint density at radius 2 is 1.89 bits per heavy atom. The lowest BCUT2D eigenvalue weighted by Gasteiger charge is -2.08. The number of thiazole rings is 1. The van der Waals surface area contributed by atoms with Gasteiger partial charge < -0.3 is 18.8 Å². The van der Waals surface area contributed by atoms with Gasteiger partial charge in [-0.15, -0.1) is 0 Å². The van der Waals surface area contributed by atoms with Crippen LogP contribution in [-0.2, 0) is 22.5 Å². The smallest absolute Gasteiger partial charge is 0.252 e. The number of ether oxygens (including phenoxy) is 3. The minimum Gasteiger partial charge on any atom is -0.493 e. The molecule has 0 aliphatic rings. The van der Waals surface area contributed by atoms with Crippen molar-refractivity contribution < 1.29 is 19.0 Å². The number of rotatable bonds is 7. The van der Waals surface area contributed by atoms with Crippen LogP contribution in [-0.4, -0.2) is 38.4 Å². The fraction of sp³-hybridized carbons (Fsp3) is 0.300. The summed E-state index contributed by atoms with van der Waals surface area (Å²) in [6.07, 6.45) is 0.166. The van der Waals surface area contributed by atoms with E-state index in [-0.39, 0.29) is 12.3 Å². The number of carbonyl (C=O) groups excluding carboxylic acids is 1. The van der Waals surface area contributed by atoms with Crippen molar-refractivity contribution in [2.75, 3.05) is 27.9 Å². The SMILES string of the molecule is COCCn1c(=NC(=O)Cc2ccc(OC)c(OC)c2)sc2cc(Cl)ccc21. The maximum absolute atomic E-state index is 12.6. The lowest BCUT2D eigenvalue weighted by Crippen LogP contribution is -2.19. The molecule has 1 amide bonds. The van der Waals surface area contributed by atoms with Gasteiger partial charge in [-0.05, 0) is 35.9 Å². The van der Waals surface area contributed by atoms with Gasteiger partial charge in [0, 0.05) is 18.7 Å². The summed E-state index contributed by atoms with van der Waals surface area (Å²) >= 11 is 7.54. The normalized spacial score (nSPS) is 11.8. The van der Waals surface area contributed by atoms with E-state index in [0.717, 1.165) is 15.8 Å². The summed E-state index contributed by atoms with van der Waals surface area (Å²) in [5.74, 6) is 0.963. The number of carbonyl (C=O) groups is 1. The van der Waals surface area contributed by atoms with Crippen LogP contribution in [0.25, 0.3) is 10.2 Å². The third-order valence-electron chi connectivity index (χ3n) is 4.19. The van der Waals surface area contributed by atoms with Gasteiger partial charge in [-0.25, -0.2) is 0 Å². The van der Waals surface area contributed by atoms with Crippen LogP contribution in [0.5, 0.6) is 11.5 Å². The maximum Gasteiger partial charge on any atom is 0.252 e. The van der Waals surface area contributed by atoms with Crippen molar-refractivity contribution in [3.8, 4) is 11.5 Å². The van der Waals surface area contributed by atoms with Crippen LogP contribution >= 0.6 is 22.9 Å². The second-order valence-corrected chi connectivity index (χ2v) is 7.46. The Labute approximate surface area is 171 Å². The van der Waals surface area contributed by atoms with Crippen LogP contribution in [0, 0.1) is 0 Å². The molecule has 28 heavy (non-hydrogen) atoms. The summed E-state index contributed by atoms with van der Waals surface area (Å²) in [5, 5.41) is 0.649. The summed E-state index contributed by atoms with van der Waals surface area (Å²) in [7, 11) is 4.78. The van der Waals surface area contributed by atoms with Gasteiger partial charge in [-0.1, -0.05) is 29.0 Å². The molecule has 0 aliphatic carbocycles. The molecule has 8 heteroatoms. The van der Waals surface area contributed by atoms with Gasteiger partial charge >= 0.3 is 0 Å². The molecular weight excluding hydrogens is 400 g/mol. The van der Waals surface area contributed by atoms with Crippen molar-refractivity contribution in [3.63, 3.8) is 0 Å². The third-order valence-corrected chi connectivity index (χ3v) is 5.46. The molecule has 1 heterocycles. The van der Waals surface area contributed by atoms with Crippen molar-refractivity contribution in [3.05, 3.63) is 51.8 Å². The van der Waals surface area contributed by atoms with E-state index < -0.39 is 0 Å². The molecule has 0 saturated carbocycles. The first kappa shape index (κ1) is 20.4. The average Bonchev–Trinajstić information content (AvgIpc) is 3.01. The van der Waals surface area contributed by atoms with Crippen molar-refractivity contribution in [2.45, 2.75) is 13.0 Å². The van der Waals surface area contributed by atoms with Gasteiger partial charge in [0.25, 0.3) is 5.91 Å². The fourth-order valence-electron chi connectivity index (χ4n) is 2.84. The molecule has 1 aromatic heterocycles. The summed E-state index contributed by atoms with van der Waals surface area (Å²) in [6.45, 7) is 1.12. The lowest BCUT2D eigenvalue weighted by molar-refractivity contribution is -0.117. The maximum atomic E-state index is 12.6. The van der Waals surface area contributed by atoms with Crippen LogP contribution in [0.2, 0.25) is 5.02 Å². The van der Waals surface area contributed by atoms with Crippen molar-refractivity contribution in [1.82, 2.24) is 4.57 Å². The minimum absolute atomic E-state index is 0.166.